The average molecular weight is 310 g/mol. The maximum Gasteiger partial charge on any atom is 0.119 e. The molecule has 88 valence electrons. The molecule has 0 aliphatic heterocycles. The molecule has 0 fully saturated rings. The van der Waals surface area contributed by atoms with Crippen LogP contribution in [0.2, 0.25) is 0 Å². The van der Waals surface area contributed by atoms with Crippen LogP contribution in [-0.4, -0.2) is 12.8 Å². The van der Waals surface area contributed by atoms with Crippen LogP contribution in [0.5, 0.6) is 5.75 Å². The number of nitrogens with zero attached hydrogens (tertiary/aromatic N) is 1. The molecular formula is C13H12BrNOS. The first-order chi connectivity index (χ1) is 8.28. The van der Waals surface area contributed by atoms with Crippen LogP contribution in [0.25, 0.3) is 0 Å². The lowest BCUT2D eigenvalue weighted by molar-refractivity contribution is 0.340. The van der Waals surface area contributed by atoms with Crippen molar-refractivity contribution in [2.24, 2.45) is 4.99 Å². The summed E-state index contributed by atoms with van der Waals surface area (Å²) in [6.45, 7) is 2.66. The second-order valence-electron chi connectivity index (χ2n) is 3.33. The highest BCUT2D eigenvalue weighted by atomic mass is 79.9. The first-order valence-electron chi connectivity index (χ1n) is 5.30. The quantitative estimate of drug-likeness (QED) is 0.753. The summed E-state index contributed by atoms with van der Waals surface area (Å²) in [5.74, 6) is 0.880. The number of thiophene rings is 1. The number of hydrogen-bond donors (Lipinski definition) is 0. The van der Waals surface area contributed by atoms with Crippen molar-refractivity contribution < 1.29 is 4.74 Å². The molecule has 0 spiro atoms. The SMILES string of the molecule is CCOc1ccc(N=Cc2ccc(Br)s2)cc1. The zero-order valence-corrected chi connectivity index (χ0v) is 11.8. The summed E-state index contributed by atoms with van der Waals surface area (Å²) in [5.41, 5.74) is 0.929. The van der Waals surface area contributed by atoms with Gasteiger partial charge >= 0.3 is 0 Å². The van der Waals surface area contributed by atoms with Gasteiger partial charge in [0.05, 0.1) is 16.1 Å². The van der Waals surface area contributed by atoms with Gasteiger partial charge in [-0.1, -0.05) is 0 Å². The van der Waals surface area contributed by atoms with Crippen molar-refractivity contribution in [3.63, 3.8) is 0 Å². The molecule has 2 aromatic rings. The molecule has 0 bridgehead atoms. The van der Waals surface area contributed by atoms with Gasteiger partial charge in [-0.15, -0.1) is 11.3 Å². The Kier molecular flexibility index (Phi) is 4.34. The number of halogens is 1. The Morgan fingerprint density at radius 2 is 2.00 bits per heavy atom. The molecule has 0 aliphatic carbocycles. The number of ether oxygens (including phenoxy) is 1. The minimum Gasteiger partial charge on any atom is -0.494 e. The van der Waals surface area contributed by atoms with Crippen LogP contribution in [0.1, 0.15) is 11.8 Å². The number of benzene rings is 1. The predicted molar refractivity (Wildman–Crippen MR) is 76.9 cm³/mol. The third-order valence-corrected chi connectivity index (χ3v) is 3.64. The third-order valence-electron chi connectivity index (χ3n) is 2.08. The number of rotatable bonds is 4. The highest BCUT2D eigenvalue weighted by Gasteiger charge is 1.95. The summed E-state index contributed by atoms with van der Waals surface area (Å²) < 4.78 is 6.49. The monoisotopic (exact) mass is 309 g/mol. The van der Waals surface area contributed by atoms with E-state index < -0.39 is 0 Å². The van der Waals surface area contributed by atoms with E-state index in [0.29, 0.717) is 6.61 Å². The van der Waals surface area contributed by atoms with Gasteiger partial charge in [-0.25, -0.2) is 0 Å². The second-order valence-corrected chi connectivity index (χ2v) is 5.82. The lowest BCUT2D eigenvalue weighted by Gasteiger charge is -2.01. The molecule has 1 heterocycles. The largest absolute Gasteiger partial charge is 0.494 e. The maximum atomic E-state index is 5.37. The van der Waals surface area contributed by atoms with Crippen molar-refractivity contribution in [3.05, 3.63) is 45.1 Å². The van der Waals surface area contributed by atoms with Gasteiger partial charge in [0.1, 0.15) is 5.75 Å². The van der Waals surface area contributed by atoms with E-state index in [4.69, 9.17) is 4.74 Å². The Morgan fingerprint density at radius 3 is 2.59 bits per heavy atom. The fraction of sp³-hybridized carbons (Fsp3) is 0.154. The molecule has 0 N–H and O–H groups in total. The van der Waals surface area contributed by atoms with E-state index in [9.17, 15) is 0 Å². The fourth-order valence-corrected chi connectivity index (χ4v) is 2.63. The van der Waals surface area contributed by atoms with E-state index in [1.54, 1.807) is 11.3 Å². The molecule has 0 radical (unpaired) electrons. The Labute approximate surface area is 113 Å². The summed E-state index contributed by atoms with van der Waals surface area (Å²) in [7, 11) is 0. The molecule has 17 heavy (non-hydrogen) atoms. The number of aliphatic imine (C=N–C) groups is 1. The minimum atomic E-state index is 0.686. The zero-order chi connectivity index (χ0) is 12.1. The number of hydrogen-bond acceptors (Lipinski definition) is 3. The van der Waals surface area contributed by atoms with E-state index >= 15 is 0 Å². The summed E-state index contributed by atoms with van der Waals surface area (Å²) in [6.07, 6.45) is 1.87. The van der Waals surface area contributed by atoms with Gasteiger partial charge in [0.2, 0.25) is 0 Å². The predicted octanol–water partition coefficient (Wildman–Crippen LogP) is 4.66. The molecule has 0 unspecified atom stereocenters. The fourth-order valence-electron chi connectivity index (χ4n) is 1.33. The minimum absolute atomic E-state index is 0.686. The van der Waals surface area contributed by atoms with E-state index in [1.165, 1.54) is 0 Å². The van der Waals surface area contributed by atoms with Gasteiger partial charge in [-0.2, -0.15) is 0 Å². The van der Waals surface area contributed by atoms with Crippen molar-refractivity contribution in [1.29, 1.82) is 0 Å². The standard InChI is InChI=1S/C13H12BrNOS/c1-2-16-11-5-3-10(4-6-11)15-9-12-7-8-13(14)17-12/h3-9H,2H2,1H3. The molecule has 2 nitrogen and oxygen atoms in total. The molecule has 0 aliphatic rings. The van der Waals surface area contributed by atoms with Crippen LogP contribution < -0.4 is 4.74 Å². The van der Waals surface area contributed by atoms with Crippen LogP contribution in [0.3, 0.4) is 0 Å². The molecule has 1 aromatic heterocycles. The summed E-state index contributed by atoms with van der Waals surface area (Å²) in [4.78, 5) is 5.53. The lowest BCUT2D eigenvalue weighted by Crippen LogP contribution is -1.89. The maximum absolute atomic E-state index is 5.37. The van der Waals surface area contributed by atoms with Gasteiger partial charge in [0.25, 0.3) is 0 Å². The van der Waals surface area contributed by atoms with E-state index in [1.807, 2.05) is 49.5 Å². The van der Waals surface area contributed by atoms with Crippen LogP contribution in [0.4, 0.5) is 5.69 Å². The van der Waals surface area contributed by atoms with Gasteiger partial charge < -0.3 is 4.74 Å². The van der Waals surface area contributed by atoms with Crippen molar-refractivity contribution in [1.82, 2.24) is 0 Å². The van der Waals surface area contributed by atoms with E-state index in [2.05, 4.69) is 20.9 Å². The first-order valence-corrected chi connectivity index (χ1v) is 6.91. The molecule has 2 rings (SSSR count). The van der Waals surface area contributed by atoms with Gasteiger partial charge in [0.15, 0.2) is 0 Å². The first kappa shape index (κ1) is 12.3. The Morgan fingerprint density at radius 1 is 1.24 bits per heavy atom. The molecule has 0 atom stereocenters. The topological polar surface area (TPSA) is 21.6 Å². The van der Waals surface area contributed by atoms with Crippen LogP contribution in [-0.2, 0) is 0 Å². The highest BCUT2D eigenvalue weighted by Crippen LogP contribution is 2.22. The highest BCUT2D eigenvalue weighted by molar-refractivity contribution is 9.11. The Bertz CT molecular complexity index is 504. The molecule has 1 aromatic carbocycles. The Balaban J connectivity index is 2.05. The van der Waals surface area contributed by atoms with Crippen molar-refractivity contribution in [2.75, 3.05) is 6.61 Å². The summed E-state index contributed by atoms with van der Waals surface area (Å²) in [6, 6.07) is 11.8. The molecule has 0 saturated heterocycles. The van der Waals surface area contributed by atoms with Gasteiger partial charge in [0, 0.05) is 11.1 Å². The summed E-state index contributed by atoms with van der Waals surface area (Å²) in [5, 5.41) is 0. The Hall–Kier alpha value is -1.13. The zero-order valence-electron chi connectivity index (χ0n) is 9.39. The van der Waals surface area contributed by atoms with Gasteiger partial charge in [-0.05, 0) is 59.3 Å². The van der Waals surface area contributed by atoms with Crippen LogP contribution in [0.15, 0.2) is 45.2 Å². The average Bonchev–Trinajstić information content (AvgIpc) is 2.75. The van der Waals surface area contributed by atoms with Crippen molar-refractivity contribution in [3.8, 4) is 5.75 Å². The summed E-state index contributed by atoms with van der Waals surface area (Å²) >= 11 is 5.09. The molecule has 0 amide bonds. The molecule has 4 heteroatoms. The molecule has 0 saturated carbocycles. The smallest absolute Gasteiger partial charge is 0.119 e. The van der Waals surface area contributed by atoms with E-state index in [0.717, 1.165) is 20.1 Å². The van der Waals surface area contributed by atoms with Crippen LogP contribution >= 0.6 is 27.3 Å². The molecular weight excluding hydrogens is 298 g/mol. The van der Waals surface area contributed by atoms with E-state index in [-0.39, 0.29) is 0 Å². The third kappa shape index (κ3) is 3.68. The van der Waals surface area contributed by atoms with Gasteiger partial charge in [-0.3, -0.25) is 4.99 Å². The van der Waals surface area contributed by atoms with Crippen LogP contribution in [0, 0.1) is 0 Å². The normalized spacial score (nSPS) is 10.9. The lowest BCUT2D eigenvalue weighted by atomic mass is 10.3. The second kappa shape index (κ2) is 5.98. The van der Waals surface area contributed by atoms with Crippen molar-refractivity contribution >= 4 is 39.2 Å². The van der Waals surface area contributed by atoms with Crippen molar-refractivity contribution in [2.45, 2.75) is 6.92 Å².